The van der Waals surface area contributed by atoms with Crippen LogP contribution in [0.3, 0.4) is 0 Å². The van der Waals surface area contributed by atoms with Crippen molar-refractivity contribution in [2.24, 2.45) is 4.99 Å². The minimum absolute atomic E-state index is 0.0464. The number of hydrogen-bond acceptors (Lipinski definition) is 6. The normalized spacial score (nSPS) is 11.4. The number of fused-ring (bicyclic) bond motifs is 2. The van der Waals surface area contributed by atoms with Gasteiger partial charge in [0.15, 0.2) is 0 Å². The van der Waals surface area contributed by atoms with Crippen LogP contribution in [0.4, 0.5) is 11.6 Å². The van der Waals surface area contributed by atoms with Gasteiger partial charge >= 0.3 is 0 Å². The number of nitrogens with zero attached hydrogens (tertiary/aromatic N) is 4. The molecule has 0 aliphatic heterocycles. The minimum Gasteiger partial charge on any atom is -0.507 e. The maximum Gasteiger partial charge on any atom is 0.270 e. The maximum absolute atomic E-state index is 13.4. The summed E-state index contributed by atoms with van der Waals surface area (Å²) in [7, 11) is 0. The predicted octanol–water partition coefficient (Wildman–Crippen LogP) is 5.24. The minimum atomic E-state index is -0.550. The first-order valence-corrected chi connectivity index (χ1v) is 10.0. The van der Waals surface area contributed by atoms with E-state index in [1.165, 1.54) is 35.0 Å². The quantitative estimate of drug-likeness (QED) is 0.235. The molecule has 0 radical (unpaired) electrons. The van der Waals surface area contributed by atoms with Crippen LogP contribution in [0.2, 0.25) is 0 Å². The number of aromatic nitrogens is 2. The molecule has 8 nitrogen and oxygen atoms in total. The van der Waals surface area contributed by atoms with E-state index in [1.54, 1.807) is 30.3 Å². The molecular formula is C25H16N4O4. The van der Waals surface area contributed by atoms with Crippen LogP contribution in [0, 0.1) is 10.1 Å². The van der Waals surface area contributed by atoms with Crippen molar-refractivity contribution in [1.82, 2.24) is 9.55 Å². The first kappa shape index (κ1) is 20.1. The first-order valence-electron chi connectivity index (χ1n) is 10.0. The van der Waals surface area contributed by atoms with E-state index in [0.29, 0.717) is 16.6 Å². The average molecular weight is 436 g/mol. The summed E-state index contributed by atoms with van der Waals surface area (Å²) in [4.78, 5) is 32.9. The zero-order valence-electron chi connectivity index (χ0n) is 17.1. The van der Waals surface area contributed by atoms with Gasteiger partial charge in [0.1, 0.15) is 5.75 Å². The zero-order chi connectivity index (χ0) is 22.9. The molecule has 0 aliphatic carbocycles. The van der Waals surface area contributed by atoms with Crippen molar-refractivity contribution in [2.45, 2.75) is 0 Å². The van der Waals surface area contributed by atoms with Crippen LogP contribution in [-0.2, 0) is 0 Å². The summed E-state index contributed by atoms with van der Waals surface area (Å²) in [5.74, 6) is -0.355. The van der Waals surface area contributed by atoms with E-state index in [-0.39, 0.29) is 22.9 Å². The van der Waals surface area contributed by atoms with Crippen LogP contribution < -0.4 is 0 Å². The van der Waals surface area contributed by atoms with Gasteiger partial charge in [-0.25, -0.2) is 14.5 Å². The largest absolute Gasteiger partial charge is 0.507 e. The standard InChI is InChI=1S/C25H16N4O4/c30-23-13-12-16-6-1-2-9-19(16)20(23)15-26-25-27-21-10-3-4-11-22(21)28(25)24(31)17-7-5-8-18(14-17)29(32)33/h1-15,30H/b26-15+. The Bertz CT molecular complexity index is 1590. The second-order valence-corrected chi connectivity index (χ2v) is 7.33. The highest BCUT2D eigenvalue weighted by Gasteiger charge is 2.20. The lowest BCUT2D eigenvalue weighted by Gasteiger charge is -2.07. The Morgan fingerprint density at radius 3 is 2.64 bits per heavy atom. The van der Waals surface area contributed by atoms with E-state index < -0.39 is 10.8 Å². The number of nitro groups is 1. The summed E-state index contributed by atoms with van der Waals surface area (Å²) in [5, 5.41) is 23.3. The third-order valence-corrected chi connectivity index (χ3v) is 5.31. The molecule has 5 rings (SSSR count). The fraction of sp³-hybridized carbons (Fsp3) is 0. The second-order valence-electron chi connectivity index (χ2n) is 7.33. The fourth-order valence-corrected chi connectivity index (χ4v) is 3.72. The second kappa shape index (κ2) is 8.01. The highest BCUT2D eigenvalue weighted by molar-refractivity contribution is 6.05. The number of phenolic OH excluding ortho intramolecular Hbond substituents is 1. The smallest absolute Gasteiger partial charge is 0.270 e. The number of phenols is 1. The molecule has 1 heterocycles. The van der Waals surface area contributed by atoms with Crippen LogP contribution in [0.5, 0.6) is 5.75 Å². The zero-order valence-corrected chi connectivity index (χ0v) is 17.1. The van der Waals surface area contributed by atoms with Crippen molar-refractivity contribution in [3.05, 3.63) is 106 Å². The summed E-state index contributed by atoms with van der Waals surface area (Å²) >= 11 is 0. The van der Waals surface area contributed by atoms with Gasteiger partial charge in [0.2, 0.25) is 5.95 Å². The Morgan fingerprint density at radius 2 is 1.79 bits per heavy atom. The highest BCUT2D eigenvalue weighted by atomic mass is 16.6. The molecule has 8 heteroatoms. The van der Waals surface area contributed by atoms with Gasteiger partial charge in [0.25, 0.3) is 11.6 Å². The topological polar surface area (TPSA) is 111 Å². The number of para-hydroxylation sites is 2. The van der Waals surface area contributed by atoms with Crippen LogP contribution in [0.1, 0.15) is 15.9 Å². The highest BCUT2D eigenvalue weighted by Crippen LogP contribution is 2.28. The molecule has 0 unspecified atom stereocenters. The van der Waals surface area contributed by atoms with Gasteiger partial charge in [-0.2, -0.15) is 0 Å². The molecule has 0 fully saturated rings. The van der Waals surface area contributed by atoms with E-state index in [1.807, 2.05) is 30.3 Å². The average Bonchev–Trinajstić information content (AvgIpc) is 3.21. The molecule has 0 amide bonds. The van der Waals surface area contributed by atoms with E-state index in [2.05, 4.69) is 9.98 Å². The van der Waals surface area contributed by atoms with Crippen LogP contribution in [0.15, 0.2) is 89.9 Å². The number of nitro benzene ring substituents is 1. The van der Waals surface area contributed by atoms with E-state index in [0.717, 1.165) is 10.8 Å². The van der Waals surface area contributed by atoms with E-state index in [9.17, 15) is 20.0 Å². The Hall–Kier alpha value is -4.85. The molecule has 0 atom stereocenters. The Morgan fingerprint density at radius 1 is 1.00 bits per heavy atom. The Labute approximate surface area is 187 Å². The lowest BCUT2D eigenvalue weighted by Crippen LogP contribution is -2.12. The molecule has 4 aromatic carbocycles. The fourth-order valence-electron chi connectivity index (χ4n) is 3.72. The van der Waals surface area contributed by atoms with Crippen molar-refractivity contribution < 1.29 is 14.8 Å². The number of non-ortho nitro benzene ring substituents is 1. The number of aromatic hydroxyl groups is 1. The molecule has 0 saturated heterocycles. The summed E-state index contributed by atoms with van der Waals surface area (Å²) in [5.41, 5.74) is 1.51. The number of imidazole rings is 1. The van der Waals surface area contributed by atoms with Crippen molar-refractivity contribution in [2.75, 3.05) is 0 Å². The van der Waals surface area contributed by atoms with Crippen LogP contribution in [0.25, 0.3) is 21.8 Å². The van der Waals surface area contributed by atoms with Crippen molar-refractivity contribution >= 4 is 45.6 Å². The molecule has 0 aliphatic rings. The summed E-state index contributed by atoms with van der Waals surface area (Å²) in [6, 6.07) is 23.5. The summed E-state index contributed by atoms with van der Waals surface area (Å²) in [6.45, 7) is 0. The van der Waals surface area contributed by atoms with E-state index >= 15 is 0 Å². The number of carbonyl (C=O) groups is 1. The number of benzene rings is 4. The first-order chi connectivity index (χ1) is 16.0. The maximum atomic E-state index is 13.4. The van der Waals surface area contributed by atoms with Gasteiger partial charge in [-0.1, -0.05) is 48.5 Å². The van der Waals surface area contributed by atoms with Gasteiger partial charge in [-0.3, -0.25) is 14.9 Å². The van der Waals surface area contributed by atoms with Gasteiger partial charge in [0, 0.05) is 29.5 Å². The van der Waals surface area contributed by atoms with Crippen molar-refractivity contribution in [3.8, 4) is 5.75 Å². The number of aliphatic imine (C=N–C) groups is 1. The predicted molar refractivity (Wildman–Crippen MR) is 125 cm³/mol. The molecule has 1 N–H and O–H groups in total. The Kier molecular flexibility index (Phi) is 4.87. The molecular weight excluding hydrogens is 420 g/mol. The van der Waals surface area contributed by atoms with Crippen LogP contribution >= 0.6 is 0 Å². The molecule has 0 bridgehead atoms. The molecule has 160 valence electrons. The lowest BCUT2D eigenvalue weighted by atomic mass is 10.0. The van der Waals surface area contributed by atoms with Gasteiger partial charge in [-0.15, -0.1) is 0 Å². The summed E-state index contributed by atoms with van der Waals surface area (Å²) in [6.07, 6.45) is 1.47. The summed E-state index contributed by atoms with van der Waals surface area (Å²) < 4.78 is 1.31. The molecule has 0 saturated carbocycles. The molecule has 1 aromatic heterocycles. The van der Waals surface area contributed by atoms with Crippen LogP contribution in [-0.4, -0.2) is 31.7 Å². The number of rotatable bonds is 4. The van der Waals surface area contributed by atoms with Gasteiger partial charge < -0.3 is 5.11 Å². The van der Waals surface area contributed by atoms with Crippen molar-refractivity contribution in [3.63, 3.8) is 0 Å². The molecule has 5 aromatic rings. The molecule has 33 heavy (non-hydrogen) atoms. The number of hydrogen-bond donors (Lipinski definition) is 1. The monoisotopic (exact) mass is 436 g/mol. The van der Waals surface area contributed by atoms with Crippen molar-refractivity contribution in [1.29, 1.82) is 0 Å². The SMILES string of the molecule is O=C(c1cccc([N+](=O)[O-])c1)n1c(/N=C/c2c(O)ccc3ccccc23)nc2ccccc21. The van der Waals surface area contributed by atoms with Gasteiger partial charge in [0.05, 0.1) is 16.0 Å². The number of carbonyl (C=O) groups excluding carboxylic acids is 1. The van der Waals surface area contributed by atoms with Gasteiger partial charge in [-0.05, 0) is 35.0 Å². The third-order valence-electron chi connectivity index (χ3n) is 5.31. The van der Waals surface area contributed by atoms with E-state index in [4.69, 9.17) is 0 Å². The molecule has 0 spiro atoms. The lowest BCUT2D eigenvalue weighted by molar-refractivity contribution is -0.384. The third kappa shape index (κ3) is 3.59. The Balaban J connectivity index is 1.66.